The lowest BCUT2D eigenvalue weighted by molar-refractivity contribution is -0.175. The normalized spacial score (nSPS) is 11.6. The van der Waals surface area contributed by atoms with Gasteiger partial charge < -0.3 is 10.1 Å². The highest BCUT2D eigenvalue weighted by Gasteiger charge is 2.27. The Balaban J connectivity index is 1.65. The second-order valence-electron chi connectivity index (χ2n) is 5.15. The van der Waals surface area contributed by atoms with E-state index in [1.165, 1.54) is 16.3 Å². The maximum atomic E-state index is 11.9. The molecular weight excluding hydrogens is 339 g/mol. The first-order valence-electron chi connectivity index (χ1n) is 7.41. The number of rotatable bonds is 8. The predicted octanol–water partition coefficient (Wildman–Crippen LogP) is 3.77. The van der Waals surface area contributed by atoms with Crippen LogP contribution in [0.15, 0.2) is 42.5 Å². The Morgan fingerprint density at radius 3 is 2.67 bits per heavy atom. The van der Waals surface area contributed by atoms with Crippen LogP contribution >= 0.6 is 11.8 Å². The van der Waals surface area contributed by atoms with Gasteiger partial charge in [-0.1, -0.05) is 42.5 Å². The number of carbonyl (C=O) groups excluding carboxylic acids is 1. The van der Waals surface area contributed by atoms with Crippen molar-refractivity contribution in [2.24, 2.45) is 0 Å². The van der Waals surface area contributed by atoms with Crippen molar-refractivity contribution in [3.63, 3.8) is 0 Å². The van der Waals surface area contributed by atoms with E-state index < -0.39 is 25.3 Å². The minimum atomic E-state index is -4.41. The van der Waals surface area contributed by atoms with Crippen LogP contribution in [0.3, 0.4) is 0 Å². The highest BCUT2D eigenvalue weighted by molar-refractivity contribution is 7.98. The molecule has 1 amide bonds. The molecule has 0 bridgehead atoms. The number of amides is 1. The maximum absolute atomic E-state index is 11.9. The number of halogens is 3. The van der Waals surface area contributed by atoms with Crippen molar-refractivity contribution >= 4 is 28.4 Å². The van der Waals surface area contributed by atoms with Crippen LogP contribution in [0.4, 0.5) is 13.2 Å². The van der Waals surface area contributed by atoms with E-state index in [2.05, 4.69) is 34.3 Å². The van der Waals surface area contributed by atoms with Crippen molar-refractivity contribution < 1.29 is 22.7 Å². The molecule has 0 aromatic heterocycles. The molecule has 3 nitrogen and oxygen atoms in total. The molecule has 0 spiro atoms. The highest BCUT2D eigenvalue weighted by atomic mass is 32.2. The first-order chi connectivity index (χ1) is 11.5. The fourth-order valence-electron chi connectivity index (χ4n) is 2.17. The van der Waals surface area contributed by atoms with E-state index in [1.807, 2.05) is 18.2 Å². The fourth-order valence-corrected chi connectivity index (χ4v) is 3.04. The molecule has 0 fully saturated rings. The van der Waals surface area contributed by atoms with Crippen LogP contribution in [-0.4, -0.2) is 37.6 Å². The van der Waals surface area contributed by atoms with Crippen LogP contribution in [-0.2, 0) is 15.3 Å². The van der Waals surface area contributed by atoms with Gasteiger partial charge in [-0.05, 0) is 16.3 Å². The van der Waals surface area contributed by atoms with Crippen LogP contribution in [0.5, 0.6) is 0 Å². The van der Waals surface area contributed by atoms with Crippen LogP contribution < -0.4 is 5.32 Å². The molecule has 0 aliphatic carbocycles. The Morgan fingerprint density at radius 2 is 1.88 bits per heavy atom. The van der Waals surface area contributed by atoms with Crippen molar-refractivity contribution in [1.82, 2.24) is 5.32 Å². The van der Waals surface area contributed by atoms with Gasteiger partial charge in [-0.25, -0.2) is 0 Å². The molecule has 0 aliphatic rings. The lowest BCUT2D eigenvalue weighted by Crippen LogP contribution is -2.31. The summed E-state index contributed by atoms with van der Waals surface area (Å²) in [5.74, 6) is 0.945. The Morgan fingerprint density at radius 1 is 1.12 bits per heavy atom. The third-order valence-corrected chi connectivity index (χ3v) is 4.21. The molecule has 0 unspecified atom stereocenters. The Hall–Kier alpha value is -1.73. The van der Waals surface area contributed by atoms with Gasteiger partial charge in [0.1, 0.15) is 13.2 Å². The van der Waals surface area contributed by atoms with Crippen LogP contribution in [0.1, 0.15) is 5.56 Å². The van der Waals surface area contributed by atoms with E-state index in [0.29, 0.717) is 12.3 Å². The quantitative estimate of drug-likeness (QED) is 0.731. The number of fused-ring (bicyclic) bond motifs is 1. The van der Waals surface area contributed by atoms with Gasteiger partial charge in [0.25, 0.3) is 0 Å². The van der Waals surface area contributed by atoms with Gasteiger partial charge in [0, 0.05) is 18.1 Å². The topological polar surface area (TPSA) is 38.3 Å². The largest absolute Gasteiger partial charge is 0.411 e. The monoisotopic (exact) mass is 357 g/mol. The number of carbonyl (C=O) groups is 1. The summed E-state index contributed by atoms with van der Waals surface area (Å²) >= 11 is 1.66. The van der Waals surface area contributed by atoms with Crippen molar-refractivity contribution in [2.75, 3.05) is 25.5 Å². The first-order valence-corrected chi connectivity index (χ1v) is 8.57. The summed E-state index contributed by atoms with van der Waals surface area (Å²) in [7, 11) is 0. The van der Waals surface area contributed by atoms with Crippen molar-refractivity contribution in [3.05, 3.63) is 48.0 Å². The van der Waals surface area contributed by atoms with Crippen molar-refractivity contribution in [2.45, 2.75) is 11.9 Å². The number of nitrogens with one attached hydrogen (secondary N) is 1. The van der Waals surface area contributed by atoms with Crippen molar-refractivity contribution in [1.29, 1.82) is 0 Å². The average molecular weight is 357 g/mol. The molecule has 1 N–H and O–H groups in total. The van der Waals surface area contributed by atoms with Crippen LogP contribution in [0.25, 0.3) is 10.8 Å². The molecule has 2 aromatic rings. The van der Waals surface area contributed by atoms with Gasteiger partial charge in [0.05, 0.1) is 0 Å². The smallest absolute Gasteiger partial charge is 0.362 e. The van der Waals surface area contributed by atoms with E-state index in [0.717, 1.165) is 5.75 Å². The summed E-state index contributed by atoms with van der Waals surface area (Å²) in [6, 6.07) is 14.3. The number of alkyl halides is 3. The summed E-state index contributed by atoms with van der Waals surface area (Å²) in [6.07, 6.45) is -4.41. The molecule has 0 radical (unpaired) electrons. The molecule has 7 heteroatoms. The maximum Gasteiger partial charge on any atom is 0.411 e. The van der Waals surface area contributed by atoms with Gasteiger partial charge in [0.2, 0.25) is 5.91 Å². The van der Waals surface area contributed by atoms with E-state index in [9.17, 15) is 18.0 Å². The van der Waals surface area contributed by atoms with Gasteiger partial charge in [-0.15, -0.1) is 0 Å². The molecule has 0 saturated carbocycles. The number of ether oxygens (including phenoxy) is 1. The molecule has 0 saturated heterocycles. The van der Waals surface area contributed by atoms with E-state index in [1.54, 1.807) is 11.8 Å². The summed E-state index contributed by atoms with van der Waals surface area (Å²) in [4.78, 5) is 11.3. The molecule has 0 aliphatic heterocycles. The summed E-state index contributed by atoms with van der Waals surface area (Å²) in [6.45, 7) is -1.59. The Bertz CT molecular complexity index is 671. The second-order valence-corrected chi connectivity index (χ2v) is 6.25. The number of hydrogen-bond acceptors (Lipinski definition) is 3. The van der Waals surface area contributed by atoms with Crippen molar-refractivity contribution in [3.8, 4) is 0 Å². The SMILES string of the molecule is O=C(COCC(F)(F)F)NCCSCc1cccc2ccccc12. The first kappa shape index (κ1) is 18.6. The van der Waals surface area contributed by atoms with Gasteiger partial charge in [0.15, 0.2) is 0 Å². The molecule has 2 rings (SSSR count). The zero-order valence-electron chi connectivity index (χ0n) is 12.9. The molecule has 2 aromatic carbocycles. The predicted molar refractivity (Wildman–Crippen MR) is 90.0 cm³/mol. The summed E-state index contributed by atoms with van der Waals surface area (Å²) in [5.41, 5.74) is 1.22. The lowest BCUT2D eigenvalue weighted by Gasteiger charge is -2.09. The molecule has 130 valence electrons. The number of benzene rings is 2. The second kappa shape index (κ2) is 8.94. The Kier molecular flexibility index (Phi) is 6.93. The molecule has 0 atom stereocenters. The van der Waals surface area contributed by atoms with Gasteiger partial charge in [-0.2, -0.15) is 24.9 Å². The lowest BCUT2D eigenvalue weighted by atomic mass is 10.1. The highest BCUT2D eigenvalue weighted by Crippen LogP contribution is 2.22. The number of hydrogen-bond donors (Lipinski definition) is 1. The van der Waals surface area contributed by atoms with E-state index in [4.69, 9.17) is 0 Å². The molecule has 24 heavy (non-hydrogen) atoms. The molecular formula is C17H18F3NO2S. The fraction of sp³-hybridized carbons (Fsp3) is 0.353. The van der Waals surface area contributed by atoms with Gasteiger partial charge >= 0.3 is 6.18 Å². The zero-order valence-corrected chi connectivity index (χ0v) is 13.8. The zero-order chi connectivity index (χ0) is 17.4. The standard InChI is InChI=1S/C17H18F3NO2S/c18-17(19,20)12-23-10-16(22)21-8-9-24-11-14-6-3-5-13-4-1-2-7-15(13)14/h1-7H,8-12H2,(H,21,22). The van der Waals surface area contributed by atoms with E-state index in [-0.39, 0.29) is 0 Å². The number of thioether (sulfide) groups is 1. The third kappa shape index (κ3) is 6.41. The minimum absolute atomic E-state index is 0.393. The van der Waals surface area contributed by atoms with Crippen LogP contribution in [0, 0.1) is 0 Å². The summed E-state index contributed by atoms with van der Waals surface area (Å²) < 4.78 is 39.9. The average Bonchev–Trinajstić information content (AvgIpc) is 2.53. The van der Waals surface area contributed by atoms with Gasteiger partial charge in [-0.3, -0.25) is 4.79 Å². The third-order valence-electron chi connectivity index (χ3n) is 3.20. The van der Waals surface area contributed by atoms with E-state index >= 15 is 0 Å². The minimum Gasteiger partial charge on any atom is -0.362 e. The molecule has 0 heterocycles. The summed E-state index contributed by atoms with van der Waals surface area (Å²) in [5, 5.41) is 4.93. The Labute approximate surface area is 142 Å². The van der Waals surface area contributed by atoms with Crippen LogP contribution in [0.2, 0.25) is 0 Å².